The smallest absolute Gasteiger partial charge is 0.387 e. The Morgan fingerprint density at radius 1 is 1.16 bits per heavy atom. The van der Waals surface area contributed by atoms with Crippen LogP contribution in [0.5, 0.6) is 5.75 Å². The topological polar surface area (TPSA) is 54.1 Å². The summed E-state index contributed by atoms with van der Waals surface area (Å²) in [5.41, 5.74) is 2.74. The summed E-state index contributed by atoms with van der Waals surface area (Å²) in [7, 11) is 0. The molecule has 0 aliphatic rings. The van der Waals surface area contributed by atoms with E-state index in [1.54, 1.807) is 12.1 Å². The van der Waals surface area contributed by atoms with E-state index < -0.39 is 6.61 Å². The van der Waals surface area contributed by atoms with Crippen molar-refractivity contribution in [3.05, 3.63) is 65.9 Å². The highest BCUT2D eigenvalue weighted by Gasteiger charge is 2.13. The fourth-order valence-electron chi connectivity index (χ4n) is 2.76. The molecule has 0 spiro atoms. The summed E-state index contributed by atoms with van der Waals surface area (Å²) in [6, 6.07) is 13.8. The Kier molecular flexibility index (Phi) is 4.97. The van der Waals surface area contributed by atoms with Gasteiger partial charge in [-0.3, -0.25) is 4.79 Å². The van der Waals surface area contributed by atoms with Crippen molar-refractivity contribution in [2.45, 2.75) is 26.0 Å². The predicted octanol–water partition coefficient (Wildman–Crippen LogP) is 4.19. The maximum Gasteiger partial charge on any atom is 0.387 e. The number of halogens is 2. The number of para-hydroxylation sites is 1. The Hall–Kier alpha value is -2.89. The van der Waals surface area contributed by atoms with Crippen molar-refractivity contribution in [1.82, 2.24) is 10.3 Å². The molecule has 3 rings (SSSR count). The van der Waals surface area contributed by atoms with Crippen LogP contribution in [0.15, 0.2) is 54.7 Å². The number of aromatic nitrogens is 1. The number of fused-ring (bicyclic) bond motifs is 1. The zero-order chi connectivity index (χ0) is 17.8. The van der Waals surface area contributed by atoms with Gasteiger partial charge in [0.15, 0.2) is 0 Å². The summed E-state index contributed by atoms with van der Waals surface area (Å²) in [5, 5.41) is 3.94. The predicted molar refractivity (Wildman–Crippen MR) is 91.6 cm³/mol. The van der Waals surface area contributed by atoms with Gasteiger partial charge in [0.25, 0.3) is 0 Å². The van der Waals surface area contributed by atoms with E-state index in [1.165, 1.54) is 12.1 Å². The number of rotatable bonds is 6. The van der Waals surface area contributed by atoms with Crippen LogP contribution in [0.3, 0.4) is 0 Å². The molecular weight excluding hydrogens is 326 g/mol. The van der Waals surface area contributed by atoms with Gasteiger partial charge in [-0.2, -0.15) is 8.78 Å². The SMILES string of the molecule is CC(NC(=O)Cc1c[nH]c2ccccc12)c1ccc(OC(F)F)cc1. The molecule has 130 valence electrons. The molecule has 0 fully saturated rings. The molecule has 0 saturated carbocycles. The molecule has 1 atom stereocenters. The van der Waals surface area contributed by atoms with Gasteiger partial charge < -0.3 is 15.0 Å². The highest BCUT2D eigenvalue weighted by molar-refractivity contribution is 5.88. The molecule has 2 aromatic carbocycles. The maximum atomic E-state index is 12.3. The normalized spacial score (nSPS) is 12.3. The van der Waals surface area contributed by atoms with Gasteiger partial charge in [0.1, 0.15) is 5.75 Å². The summed E-state index contributed by atoms with van der Waals surface area (Å²) >= 11 is 0. The van der Waals surface area contributed by atoms with Crippen LogP contribution in [-0.2, 0) is 11.2 Å². The number of carbonyl (C=O) groups excluding carboxylic acids is 1. The first-order chi connectivity index (χ1) is 12.0. The van der Waals surface area contributed by atoms with Gasteiger partial charge in [0, 0.05) is 17.1 Å². The van der Waals surface area contributed by atoms with Crippen LogP contribution in [0.1, 0.15) is 24.1 Å². The van der Waals surface area contributed by atoms with Crippen molar-refractivity contribution in [3.8, 4) is 5.75 Å². The minimum Gasteiger partial charge on any atom is -0.435 e. The highest BCUT2D eigenvalue weighted by Crippen LogP contribution is 2.21. The monoisotopic (exact) mass is 344 g/mol. The van der Waals surface area contributed by atoms with Gasteiger partial charge in [-0.25, -0.2) is 0 Å². The Labute approximate surface area is 143 Å². The number of hydrogen-bond acceptors (Lipinski definition) is 2. The van der Waals surface area contributed by atoms with E-state index in [2.05, 4.69) is 15.0 Å². The number of benzene rings is 2. The van der Waals surface area contributed by atoms with Gasteiger partial charge in [0.2, 0.25) is 5.91 Å². The van der Waals surface area contributed by atoms with Crippen molar-refractivity contribution in [3.63, 3.8) is 0 Å². The lowest BCUT2D eigenvalue weighted by molar-refractivity contribution is -0.121. The summed E-state index contributed by atoms with van der Waals surface area (Å²) in [6.07, 6.45) is 2.10. The molecule has 2 N–H and O–H groups in total. The molecule has 0 bridgehead atoms. The third kappa shape index (κ3) is 4.15. The number of amides is 1. The van der Waals surface area contributed by atoms with E-state index in [1.807, 2.05) is 37.4 Å². The number of aromatic amines is 1. The fourth-order valence-corrected chi connectivity index (χ4v) is 2.76. The number of alkyl halides is 2. The van der Waals surface area contributed by atoms with Crippen LogP contribution in [-0.4, -0.2) is 17.5 Å². The van der Waals surface area contributed by atoms with Crippen molar-refractivity contribution in [2.75, 3.05) is 0 Å². The largest absolute Gasteiger partial charge is 0.435 e. The second-order valence-electron chi connectivity index (χ2n) is 5.77. The van der Waals surface area contributed by atoms with E-state index in [4.69, 9.17) is 0 Å². The molecule has 6 heteroatoms. The zero-order valence-electron chi connectivity index (χ0n) is 13.6. The second-order valence-corrected chi connectivity index (χ2v) is 5.77. The average Bonchev–Trinajstić information content (AvgIpc) is 2.98. The van der Waals surface area contributed by atoms with Crippen molar-refractivity contribution in [2.24, 2.45) is 0 Å². The molecule has 3 aromatic rings. The van der Waals surface area contributed by atoms with Crippen LogP contribution in [0.2, 0.25) is 0 Å². The van der Waals surface area contributed by atoms with Gasteiger partial charge in [-0.15, -0.1) is 0 Å². The Morgan fingerprint density at radius 3 is 2.60 bits per heavy atom. The van der Waals surface area contributed by atoms with E-state index in [0.717, 1.165) is 22.0 Å². The summed E-state index contributed by atoms with van der Waals surface area (Å²) < 4.78 is 28.6. The first kappa shape index (κ1) is 17.0. The van der Waals surface area contributed by atoms with E-state index >= 15 is 0 Å². The number of nitrogens with one attached hydrogen (secondary N) is 2. The Balaban J connectivity index is 1.62. The van der Waals surface area contributed by atoms with Crippen LogP contribution in [0.4, 0.5) is 8.78 Å². The van der Waals surface area contributed by atoms with E-state index in [-0.39, 0.29) is 24.1 Å². The quantitative estimate of drug-likeness (QED) is 0.704. The average molecular weight is 344 g/mol. The van der Waals surface area contributed by atoms with Crippen molar-refractivity contribution in [1.29, 1.82) is 0 Å². The first-order valence-electron chi connectivity index (χ1n) is 7.92. The zero-order valence-corrected chi connectivity index (χ0v) is 13.6. The molecule has 0 radical (unpaired) electrons. The minimum atomic E-state index is -2.85. The number of H-pyrrole nitrogens is 1. The lowest BCUT2D eigenvalue weighted by atomic mass is 10.1. The Morgan fingerprint density at radius 2 is 1.88 bits per heavy atom. The number of carbonyl (C=O) groups is 1. The van der Waals surface area contributed by atoms with Crippen LogP contribution in [0, 0.1) is 0 Å². The fraction of sp³-hybridized carbons (Fsp3) is 0.211. The maximum absolute atomic E-state index is 12.3. The van der Waals surface area contributed by atoms with Gasteiger partial charge >= 0.3 is 6.61 Å². The van der Waals surface area contributed by atoms with Crippen molar-refractivity contribution >= 4 is 16.8 Å². The van der Waals surface area contributed by atoms with Crippen LogP contribution >= 0.6 is 0 Å². The van der Waals surface area contributed by atoms with Gasteiger partial charge in [-0.05, 0) is 36.2 Å². The lowest BCUT2D eigenvalue weighted by Crippen LogP contribution is -2.28. The minimum absolute atomic E-state index is 0.0936. The van der Waals surface area contributed by atoms with Crippen LogP contribution < -0.4 is 10.1 Å². The van der Waals surface area contributed by atoms with Crippen LogP contribution in [0.25, 0.3) is 10.9 Å². The Bertz CT molecular complexity index is 859. The molecule has 1 amide bonds. The van der Waals surface area contributed by atoms with Crippen molar-refractivity contribution < 1.29 is 18.3 Å². The molecule has 1 unspecified atom stereocenters. The standard InChI is InChI=1S/C19H18F2N2O2/c1-12(13-6-8-15(9-7-13)25-19(20)21)23-18(24)10-14-11-22-17-5-3-2-4-16(14)17/h2-9,11-12,19,22H,10H2,1H3,(H,23,24). The highest BCUT2D eigenvalue weighted by atomic mass is 19.3. The third-order valence-electron chi connectivity index (χ3n) is 4.01. The number of hydrogen-bond donors (Lipinski definition) is 2. The molecular formula is C19H18F2N2O2. The molecule has 1 aromatic heterocycles. The number of ether oxygens (including phenoxy) is 1. The molecule has 0 saturated heterocycles. The molecule has 0 aliphatic carbocycles. The second kappa shape index (κ2) is 7.34. The summed E-state index contributed by atoms with van der Waals surface area (Å²) in [4.78, 5) is 15.4. The summed E-state index contributed by atoms with van der Waals surface area (Å²) in [6.45, 7) is -1.00. The third-order valence-corrected chi connectivity index (χ3v) is 4.01. The first-order valence-corrected chi connectivity index (χ1v) is 7.92. The molecule has 1 heterocycles. The molecule has 25 heavy (non-hydrogen) atoms. The van der Waals surface area contributed by atoms with Gasteiger partial charge in [0.05, 0.1) is 12.5 Å². The van der Waals surface area contributed by atoms with E-state index in [9.17, 15) is 13.6 Å². The molecule has 0 aliphatic heterocycles. The summed E-state index contributed by atoms with van der Waals surface area (Å²) in [5.74, 6) is -0.0128. The van der Waals surface area contributed by atoms with E-state index in [0.29, 0.717) is 0 Å². The lowest BCUT2D eigenvalue weighted by Gasteiger charge is -2.15. The molecule has 4 nitrogen and oxygen atoms in total. The van der Waals surface area contributed by atoms with Gasteiger partial charge in [-0.1, -0.05) is 30.3 Å².